The van der Waals surface area contributed by atoms with Crippen LogP contribution in [0.4, 0.5) is 10.3 Å². The molecule has 0 bridgehead atoms. The first-order valence-electron chi connectivity index (χ1n) is 8.81. The maximum Gasteiger partial charge on any atom is 0.262 e. The van der Waals surface area contributed by atoms with Gasteiger partial charge in [-0.2, -0.15) is 5.10 Å². The van der Waals surface area contributed by atoms with Crippen molar-refractivity contribution in [3.63, 3.8) is 0 Å². The van der Waals surface area contributed by atoms with Crippen LogP contribution in [0, 0.1) is 5.82 Å². The van der Waals surface area contributed by atoms with Crippen LogP contribution in [0.25, 0.3) is 10.9 Å². The molecule has 0 aliphatic carbocycles. The average molecular weight is 368 g/mol. The van der Waals surface area contributed by atoms with Crippen LogP contribution < -0.4 is 11.0 Å². The molecule has 0 unspecified atom stereocenters. The molecule has 2 aromatic carbocycles. The van der Waals surface area contributed by atoms with Gasteiger partial charge in [-0.15, -0.1) is 0 Å². The van der Waals surface area contributed by atoms with E-state index >= 15 is 0 Å². The van der Waals surface area contributed by atoms with Crippen molar-refractivity contribution in [2.75, 3.05) is 18.6 Å². The van der Waals surface area contributed by atoms with Gasteiger partial charge in [0.1, 0.15) is 5.82 Å². The number of benzene rings is 2. The third kappa shape index (κ3) is 4.77. The molecule has 0 atom stereocenters. The Balaban J connectivity index is 1.88. The number of rotatable bonds is 8. The Morgan fingerprint density at radius 1 is 1.26 bits per heavy atom. The first-order valence-corrected chi connectivity index (χ1v) is 8.81. The Labute approximate surface area is 156 Å². The number of nitrogens with zero attached hydrogens (tertiary/aromatic N) is 3. The molecule has 1 aromatic heterocycles. The molecular formula is C20H21FN4O2. The third-order valence-electron chi connectivity index (χ3n) is 3.96. The number of halogens is 1. The highest BCUT2D eigenvalue weighted by Crippen LogP contribution is 2.12. The molecule has 140 valence electrons. The van der Waals surface area contributed by atoms with Gasteiger partial charge in [0.15, 0.2) is 0 Å². The zero-order chi connectivity index (χ0) is 19.1. The Bertz CT molecular complexity index is 1000. The van der Waals surface area contributed by atoms with Gasteiger partial charge in [0.05, 0.1) is 17.1 Å². The molecule has 0 spiro atoms. The summed E-state index contributed by atoms with van der Waals surface area (Å²) in [6.45, 7) is 3.57. The monoisotopic (exact) mass is 368 g/mol. The maximum atomic E-state index is 13.3. The van der Waals surface area contributed by atoms with E-state index < -0.39 is 0 Å². The minimum Gasteiger partial charge on any atom is -0.382 e. The summed E-state index contributed by atoms with van der Waals surface area (Å²) in [5.74, 6) is -0.00142. The fourth-order valence-electron chi connectivity index (χ4n) is 2.68. The van der Waals surface area contributed by atoms with Crippen LogP contribution in [0.3, 0.4) is 0 Å². The molecule has 0 radical (unpaired) electrons. The number of nitrogens with one attached hydrogen (secondary N) is 1. The van der Waals surface area contributed by atoms with Crippen LogP contribution in [-0.2, 0) is 11.3 Å². The molecule has 27 heavy (non-hydrogen) atoms. The van der Waals surface area contributed by atoms with E-state index in [4.69, 9.17) is 4.74 Å². The smallest absolute Gasteiger partial charge is 0.262 e. The fraction of sp³-hybridized carbons (Fsp3) is 0.250. The maximum absolute atomic E-state index is 13.3. The lowest BCUT2D eigenvalue weighted by molar-refractivity contribution is 0.141. The standard InChI is InChI=1S/C20H21FN4O2/c1-2-27-12-6-11-25-19(26)17-9-3-4-10-18(17)23-20(25)24-22-14-15-7-5-8-16(21)13-15/h3-5,7-10,13-14H,2,6,11-12H2,1H3,(H,23,24)/b22-14-. The number of para-hydroxylation sites is 1. The number of fused-ring (bicyclic) bond motifs is 1. The van der Waals surface area contributed by atoms with Crippen molar-refractivity contribution in [3.8, 4) is 0 Å². The van der Waals surface area contributed by atoms with E-state index in [9.17, 15) is 9.18 Å². The Morgan fingerprint density at radius 3 is 2.93 bits per heavy atom. The highest BCUT2D eigenvalue weighted by molar-refractivity contribution is 5.81. The van der Waals surface area contributed by atoms with Gasteiger partial charge in [-0.1, -0.05) is 24.3 Å². The normalized spacial score (nSPS) is 11.3. The van der Waals surface area contributed by atoms with E-state index in [1.54, 1.807) is 28.8 Å². The van der Waals surface area contributed by atoms with Gasteiger partial charge in [0.2, 0.25) is 5.95 Å². The van der Waals surface area contributed by atoms with Gasteiger partial charge in [-0.3, -0.25) is 9.36 Å². The van der Waals surface area contributed by atoms with Crippen molar-refractivity contribution in [2.45, 2.75) is 19.9 Å². The zero-order valence-electron chi connectivity index (χ0n) is 15.1. The van der Waals surface area contributed by atoms with Crippen LogP contribution in [0.15, 0.2) is 58.4 Å². The molecular weight excluding hydrogens is 347 g/mol. The van der Waals surface area contributed by atoms with Crippen LogP contribution in [0.5, 0.6) is 0 Å². The summed E-state index contributed by atoms with van der Waals surface area (Å²) in [5, 5.41) is 4.66. The fourth-order valence-corrected chi connectivity index (χ4v) is 2.68. The van der Waals surface area contributed by atoms with Crippen LogP contribution >= 0.6 is 0 Å². The molecule has 3 aromatic rings. The quantitative estimate of drug-likeness (QED) is 0.376. The zero-order valence-corrected chi connectivity index (χ0v) is 15.1. The summed E-state index contributed by atoms with van der Waals surface area (Å²) in [5.41, 5.74) is 3.87. The first-order chi connectivity index (χ1) is 13.2. The molecule has 0 saturated heterocycles. The topological polar surface area (TPSA) is 68.5 Å². The molecule has 0 saturated carbocycles. The van der Waals surface area contributed by atoms with E-state index in [-0.39, 0.29) is 11.4 Å². The van der Waals surface area contributed by atoms with E-state index in [1.807, 2.05) is 19.1 Å². The number of aromatic nitrogens is 2. The summed E-state index contributed by atoms with van der Waals surface area (Å²) in [4.78, 5) is 17.3. The van der Waals surface area contributed by atoms with Crippen LogP contribution in [0.1, 0.15) is 18.9 Å². The number of anilines is 1. The molecule has 0 aliphatic heterocycles. The van der Waals surface area contributed by atoms with Crippen molar-refractivity contribution >= 4 is 23.1 Å². The Morgan fingerprint density at radius 2 is 2.11 bits per heavy atom. The molecule has 3 rings (SSSR count). The Hall–Kier alpha value is -3.06. The third-order valence-corrected chi connectivity index (χ3v) is 3.96. The van der Waals surface area contributed by atoms with Gasteiger partial charge in [-0.25, -0.2) is 14.8 Å². The second kappa shape index (κ2) is 9.05. The Kier molecular flexibility index (Phi) is 6.27. The average Bonchev–Trinajstić information content (AvgIpc) is 2.67. The summed E-state index contributed by atoms with van der Waals surface area (Å²) in [7, 11) is 0. The van der Waals surface area contributed by atoms with Gasteiger partial charge in [0, 0.05) is 19.8 Å². The van der Waals surface area contributed by atoms with Gasteiger partial charge >= 0.3 is 0 Å². The number of ether oxygens (including phenoxy) is 1. The summed E-state index contributed by atoms with van der Waals surface area (Å²) < 4.78 is 20.2. The van der Waals surface area contributed by atoms with E-state index in [0.29, 0.717) is 48.6 Å². The summed E-state index contributed by atoms with van der Waals surface area (Å²) in [6.07, 6.45) is 2.16. The highest BCUT2D eigenvalue weighted by atomic mass is 19.1. The summed E-state index contributed by atoms with van der Waals surface area (Å²) >= 11 is 0. The van der Waals surface area contributed by atoms with Crippen LogP contribution in [0.2, 0.25) is 0 Å². The van der Waals surface area contributed by atoms with Gasteiger partial charge in [0.25, 0.3) is 5.56 Å². The van der Waals surface area contributed by atoms with Crippen molar-refractivity contribution < 1.29 is 9.13 Å². The van der Waals surface area contributed by atoms with Crippen LogP contribution in [-0.4, -0.2) is 29.0 Å². The lowest BCUT2D eigenvalue weighted by atomic mass is 10.2. The van der Waals surface area contributed by atoms with Crippen molar-refractivity contribution in [1.82, 2.24) is 9.55 Å². The van der Waals surface area contributed by atoms with Crippen molar-refractivity contribution in [2.24, 2.45) is 5.10 Å². The predicted octanol–water partition coefficient (Wildman–Crippen LogP) is 3.41. The largest absolute Gasteiger partial charge is 0.382 e. The van der Waals surface area contributed by atoms with Crippen molar-refractivity contribution in [3.05, 3.63) is 70.3 Å². The minimum atomic E-state index is -0.337. The number of hydrogen-bond acceptors (Lipinski definition) is 5. The second-order valence-electron chi connectivity index (χ2n) is 5.88. The molecule has 6 nitrogen and oxygen atoms in total. The lowest BCUT2D eigenvalue weighted by Crippen LogP contribution is -2.25. The molecule has 0 aliphatic rings. The number of hydrogen-bond donors (Lipinski definition) is 1. The van der Waals surface area contributed by atoms with Crippen molar-refractivity contribution in [1.29, 1.82) is 0 Å². The molecule has 1 N–H and O–H groups in total. The lowest BCUT2D eigenvalue weighted by Gasteiger charge is -2.12. The molecule has 0 fully saturated rings. The van der Waals surface area contributed by atoms with E-state index in [2.05, 4.69) is 15.5 Å². The highest BCUT2D eigenvalue weighted by Gasteiger charge is 2.10. The summed E-state index contributed by atoms with van der Waals surface area (Å²) in [6, 6.07) is 13.2. The molecule has 7 heteroatoms. The minimum absolute atomic E-state index is 0.138. The van der Waals surface area contributed by atoms with Gasteiger partial charge < -0.3 is 4.74 Å². The number of hydrazone groups is 1. The van der Waals surface area contributed by atoms with E-state index in [1.165, 1.54) is 18.3 Å². The van der Waals surface area contributed by atoms with Gasteiger partial charge in [-0.05, 0) is 43.2 Å². The first kappa shape index (κ1) is 18.7. The molecule has 1 heterocycles. The van der Waals surface area contributed by atoms with E-state index in [0.717, 1.165) is 0 Å². The second-order valence-corrected chi connectivity index (χ2v) is 5.88. The predicted molar refractivity (Wildman–Crippen MR) is 105 cm³/mol. The molecule has 0 amide bonds. The SMILES string of the molecule is CCOCCCn1c(N/N=C\c2cccc(F)c2)nc2ccccc2c1=O.